The van der Waals surface area contributed by atoms with Crippen molar-refractivity contribution < 1.29 is 4.24 Å². The molecular formula is C15H18N2. The predicted molar refractivity (Wildman–Crippen MR) is 71.3 cm³/mol. The van der Waals surface area contributed by atoms with Crippen LogP contribution in [0.4, 0.5) is 5.82 Å². The highest BCUT2D eigenvalue weighted by Gasteiger charge is 2.17. The summed E-state index contributed by atoms with van der Waals surface area (Å²) in [6, 6.07) is 2.26. The van der Waals surface area contributed by atoms with E-state index in [4.69, 9.17) is 0 Å². The van der Waals surface area contributed by atoms with E-state index in [-0.39, 0.29) is 0 Å². The Morgan fingerprint density at radius 3 is 2.76 bits per heavy atom. The molecule has 0 N–H and O–H groups in total. The summed E-state index contributed by atoms with van der Waals surface area (Å²) in [5, 5.41) is 1.20. The maximum absolute atomic E-state index is 4.19. The first kappa shape index (κ1) is 10.5. The summed E-state index contributed by atoms with van der Waals surface area (Å²) in [7, 11) is 0. The van der Waals surface area contributed by atoms with Crippen molar-refractivity contribution >= 4 is 18.0 Å². The number of aromatic nitrogens is 1. The van der Waals surface area contributed by atoms with Gasteiger partial charge in [-0.25, -0.2) is 0 Å². The van der Waals surface area contributed by atoms with Crippen molar-refractivity contribution in [1.29, 1.82) is 0 Å². The Labute approximate surface area is 102 Å². The highest BCUT2D eigenvalue weighted by Crippen LogP contribution is 2.16. The summed E-state index contributed by atoms with van der Waals surface area (Å²) >= 11 is 0. The fourth-order valence-electron chi connectivity index (χ4n) is 2.64. The maximum atomic E-state index is 4.19. The second kappa shape index (κ2) is 4.28. The van der Waals surface area contributed by atoms with E-state index < -0.39 is 0 Å². The quantitative estimate of drug-likeness (QED) is 0.523. The van der Waals surface area contributed by atoms with Gasteiger partial charge in [-0.2, -0.15) is 0 Å². The molecule has 1 aliphatic heterocycles. The molecule has 2 aliphatic rings. The average Bonchev–Trinajstić information content (AvgIpc) is 2.56. The molecule has 88 valence electrons. The Morgan fingerprint density at radius 2 is 1.94 bits per heavy atom. The highest BCUT2D eigenvalue weighted by atomic mass is 15.2. The van der Waals surface area contributed by atoms with Crippen LogP contribution in [0.25, 0.3) is 12.2 Å². The molecule has 2 heteroatoms. The number of fused-ring (bicyclic) bond motifs is 1. The molecule has 0 bridgehead atoms. The molecule has 0 spiro atoms. The first-order valence-electron chi connectivity index (χ1n) is 6.36. The molecule has 1 saturated heterocycles. The summed E-state index contributed by atoms with van der Waals surface area (Å²) in [5.74, 6) is 1.26. The minimum absolute atomic E-state index is 1.16. The lowest BCUT2D eigenvalue weighted by molar-refractivity contribution is -0.496. The van der Waals surface area contributed by atoms with Crippen LogP contribution in [0, 0.1) is 6.72 Å². The van der Waals surface area contributed by atoms with Crippen molar-refractivity contribution in [3.8, 4) is 0 Å². The Hall–Kier alpha value is -1.70. The molecule has 0 unspecified atom stereocenters. The van der Waals surface area contributed by atoms with E-state index >= 15 is 0 Å². The van der Waals surface area contributed by atoms with Crippen LogP contribution in [0.1, 0.15) is 24.8 Å². The summed E-state index contributed by atoms with van der Waals surface area (Å²) in [5.41, 5.74) is 1.27. The topological polar surface area (TPSA) is 9.14 Å². The number of allylic oxidation sites excluding steroid dienone is 3. The van der Waals surface area contributed by atoms with Gasteiger partial charge >= 0.3 is 0 Å². The summed E-state index contributed by atoms with van der Waals surface area (Å²) in [6.07, 6.45) is 14.5. The van der Waals surface area contributed by atoms with Crippen molar-refractivity contribution in [3.63, 3.8) is 0 Å². The van der Waals surface area contributed by atoms with Gasteiger partial charge in [0, 0.05) is 5.35 Å². The van der Waals surface area contributed by atoms with Gasteiger partial charge in [0.1, 0.15) is 0 Å². The van der Waals surface area contributed by atoms with Crippen LogP contribution >= 0.6 is 0 Å². The lowest BCUT2D eigenvalue weighted by Crippen LogP contribution is -2.41. The van der Waals surface area contributed by atoms with Gasteiger partial charge < -0.3 is 9.14 Å². The number of nitrogens with zero attached hydrogens (tertiary/aromatic N) is 2. The Morgan fingerprint density at radius 1 is 1.12 bits per heavy atom. The SMILES string of the molecule is C=[n+]1c2c(c[c-]1N1CCCCC1)C=CC=CC=2. The van der Waals surface area contributed by atoms with E-state index in [1.54, 1.807) is 0 Å². The monoisotopic (exact) mass is 226 g/mol. The normalized spacial score (nSPS) is 18.7. The van der Waals surface area contributed by atoms with Gasteiger partial charge in [-0.3, -0.25) is 0 Å². The van der Waals surface area contributed by atoms with Crippen LogP contribution < -0.4 is 14.5 Å². The number of rotatable bonds is 1. The number of hydrogen-bond acceptors (Lipinski definition) is 1. The van der Waals surface area contributed by atoms with Crippen molar-refractivity contribution in [2.45, 2.75) is 19.3 Å². The van der Waals surface area contributed by atoms with Gasteiger partial charge in [0.15, 0.2) is 5.82 Å². The van der Waals surface area contributed by atoms with Gasteiger partial charge in [-0.1, -0.05) is 35.9 Å². The Kier molecular flexibility index (Phi) is 2.63. The number of anilines is 1. The van der Waals surface area contributed by atoms with E-state index in [0.717, 1.165) is 13.1 Å². The molecule has 0 amide bonds. The third kappa shape index (κ3) is 1.84. The van der Waals surface area contributed by atoms with E-state index in [2.05, 4.69) is 52.3 Å². The first-order chi connectivity index (χ1) is 8.36. The maximum Gasteiger partial charge on any atom is 0.191 e. The lowest BCUT2D eigenvalue weighted by atomic mass is 10.1. The lowest BCUT2D eigenvalue weighted by Gasteiger charge is -2.23. The molecule has 0 atom stereocenters. The van der Waals surface area contributed by atoms with Crippen molar-refractivity contribution in [2.24, 2.45) is 0 Å². The number of hydrogen-bond donors (Lipinski definition) is 0. The van der Waals surface area contributed by atoms with Crippen LogP contribution in [0.3, 0.4) is 0 Å². The van der Waals surface area contributed by atoms with Crippen LogP contribution in [0.5, 0.6) is 0 Å². The third-order valence-electron chi connectivity index (χ3n) is 3.58. The van der Waals surface area contributed by atoms with Crippen molar-refractivity contribution in [1.82, 2.24) is 0 Å². The molecule has 17 heavy (non-hydrogen) atoms. The van der Waals surface area contributed by atoms with Gasteiger partial charge in [0.25, 0.3) is 0 Å². The minimum atomic E-state index is 1.16. The van der Waals surface area contributed by atoms with Crippen LogP contribution in [0.15, 0.2) is 24.3 Å². The largest absolute Gasteiger partial charge is 0.334 e. The third-order valence-corrected chi connectivity index (χ3v) is 3.58. The fraction of sp³-hybridized carbons (Fsp3) is 0.333. The summed E-state index contributed by atoms with van der Waals surface area (Å²) < 4.78 is 2.07. The van der Waals surface area contributed by atoms with Gasteiger partial charge in [0.2, 0.25) is 0 Å². The zero-order valence-electron chi connectivity index (χ0n) is 10.1. The van der Waals surface area contributed by atoms with E-state index in [0.29, 0.717) is 0 Å². The molecule has 3 rings (SSSR count). The van der Waals surface area contributed by atoms with Crippen molar-refractivity contribution in [3.05, 3.63) is 41.9 Å². The molecule has 1 aliphatic carbocycles. The molecule has 1 aromatic heterocycles. The second-order valence-corrected chi connectivity index (χ2v) is 4.73. The van der Waals surface area contributed by atoms with Gasteiger partial charge in [-0.15, -0.1) is 6.08 Å². The standard InChI is InChI=1S/C15H18N2/c1-16-14-9-5-2-4-8-13(14)12-15(16)17-10-6-3-7-11-17/h2,4-5,8-9,12H,1,3,6-7,10-11H2. The molecule has 2 nitrogen and oxygen atoms in total. The first-order valence-corrected chi connectivity index (χ1v) is 6.36. The van der Waals surface area contributed by atoms with Crippen LogP contribution in [0.2, 0.25) is 0 Å². The summed E-state index contributed by atoms with van der Waals surface area (Å²) in [4.78, 5) is 2.45. The van der Waals surface area contributed by atoms with Crippen LogP contribution in [-0.4, -0.2) is 13.1 Å². The van der Waals surface area contributed by atoms with Gasteiger partial charge in [0.05, 0.1) is 13.1 Å². The minimum Gasteiger partial charge on any atom is -0.334 e. The Bertz CT molecular complexity index is 569. The summed E-state index contributed by atoms with van der Waals surface area (Å²) in [6.45, 7) is 6.52. The highest BCUT2D eigenvalue weighted by molar-refractivity contribution is 5.60. The predicted octanol–water partition coefficient (Wildman–Crippen LogP) is 1.69. The molecule has 1 aromatic rings. The molecule has 0 aromatic carbocycles. The molecule has 1 fully saturated rings. The molecule has 2 heterocycles. The van der Waals surface area contributed by atoms with E-state index in [1.165, 1.54) is 36.0 Å². The van der Waals surface area contributed by atoms with E-state index in [9.17, 15) is 0 Å². The van der Waals surface area contributed by atoms with Gasteiger partial charge in [-0.05, 0) is 26.0 Å². The van der Waals surface area contributed by atoms with E-state index in [1.807, 2.05) is 0 Å². The average molecular weight is 226 g/mol. The smallest absolute Gasteiger partial charge is 0.191 e. The molecule has 0 radical (unpaired) electrons. The molecule has 0 saturated carbocycles. The van der Waals surface area contributed by atoms with Crippen molar-refractivity contribution in [2.75, 3.05) is 18.0 Å². The second-order valence-electron chi connectivity index (χ2n) is 4.73. The molecular weight excluding hydrogens is 208 g/mol. The zero-order valence-corrected chi connectivity index (χ0v) is 10.1. The number of piperidine rings is 1. The Balaban J connectivity index is 2.08. The van der Waals surface area contributed by atoms with Crippen LogP contribution in [-0.2, 0) is 0 Å². The zero-order chi connectivity index (χ0) is 11.7. The fourth-order valence-corrected chi connectivity index (χ4v) is 2.64.